The zero-order valence-electron chi connectivity index (χ0n) is 6.59. The normalized spacial score (nSPS) is 10.9. The molecule has 0 rings (SSSR count). The molecule has 62 valence electrons. The number of nitrogens with two attached hydrogens (primary N) is 1. The third-order valence-corrected chi connectivity index (χ3v) is 1.12. The predicted molar refractivity (Wildman–Crippen MR) is 39.6 cm³/mol. The standard InChI is InChI=1S/C7H11NO3/c1-5(7(10)11-2)3-4-6(8)9/h3H,4H2,1-2H3,(H2,8,9). The number of hydrogen-bond acceptors (Lipinski definition) is 3. The molecule has 0 heterocycles. The number of rotatable bonds is 3. The number of esters is 1. The second kappa shape index (κ2) is 4.49. The first-order valence-electron chi connectivity index (χ1n) is 3.11. The number of carbonyl (C=O) groups is 2. The van der Waals surface area contributed by atoms with Crippen molar-refractivity contribution in [1.82, 2.24) is 0 Å². The van der Waals surface area contributed by atoms with E-state index in [1.54, 1.807) is 6.92 Å². The number of amides is 1. The van der Waals surface area contributed by atoms with E-state index in [1.807, 2.05) is 0 Å². The lowest BCUT2D eigenvalue weighted by atomic mass is 10.2. The fraction of sp³-hybridized carbons (Fsp3) is 0.429. The van der Waals surface area contributed by atoms with E-state index >= 15 is 0 Å². The van der Waals surface area contributed by atoms with Gasteiger partial charge in [-0.3, -0.25) is 4.79 Å². The third kappa shape index (κ3) is 4.13. The van der Waals surface area contributed by atoms with Gasteiger partial charge in [0.25, 0.3) is 0 Å². The Hall–Kier alpha value is -1.32. The van der Waals surface area contributed by atoms with Gasteiger partial charge in [0.05, 0.1) is 7.11 Å². The highest BCUT2D eigenvalue weighted by Crippen LogP contribution is 1.96. The Balaban J connectivity index is 4.00. The van der Waals surface area contributed by atoms with Crippen molar-refractivity contribution in [2.45, 2.75) is 13.3 Å². The lowest BCUT2D eigenvalue weighted by Crippen LogP contribution is -2.09. The highest BCUT2D eigenvalue weighted by Gasteiger charge is 2.02. The summed E-state index contributed by atoms with van der Waals surface area (Å²) in [5.41, 5.74) is 5.24. The summed E-state index contributed by atoms with van der Waals surface area (Å²) in [6.07, 6.45) is 1.51. The van der Waals surface area contributed by atoms with Crippen LogP contribution in [0.5, 0.6) is 0 Å². The number of ether oxygens (including phenoxy) is 1. The summed E-state index contributed by atoms with van der Waals surface area (Å²) in [6.45, 7) is 1.56. The van der Waals surface area contributed by atoms with Gasteiger partial charge in [-0.25, -0.2) is 4.79 Å². The predicted octanol–water partition coefficient (Wildman–Crippen LogP) is -0.0189. The van der Waals surface area contributed by atoms with E-state index in [0.29, 0.717) is 5.57 Å². The first-order valence-corrected chi connectivity index (χ1v) is 3.11. The van der Waals surface area contributed by atoms with Crippen molar-refractivity contribution >= 4 is 11.9 Å². The van der Waals surface area contributed by atoms with E-state index in [9.17, 15) is 9.59 Å². The number of carbonyl (C=O) groups excluding carboxylic acids is 2. The fourth-order valence-corrected chi connectivity index (χ4v) is 0.498. The Kier molecular flexibility index (Phi) is 3.95. The molecule has 4 heteroatoms. The van der Waals surface area contributed by atoms with Crippen molar-refractivity contribution in [2.75, 3.05) is 7.11 Å². The van der Waals surface area contributed by atoms with Crippen molar-refractivity contribution in [3.05, 3.63) is 11.6 Å². The lowest BCUT2D eigenvalue weighted by molar-refractivity contribution is -0.136. The van der Waals surface area contributed by atoms with Gasteiger partial charge in [0.15, 0.2) is 0 Å². The second-order valence-corrected chi connectivity index (χ2v) is 2.05. The smallest absolute Gasteiger partial charge is 0.333 e. The van der Waals surface area contributed by atoms with Gasteiger partial charge in [0.2, 0.25) is 5.91 Å². The molecule has 0 spiro atoms. The molecule has 0 unspecified atom stereocenters. The molecule has 0 radical (unpaired) electrons. The molecule has 0 aromatic heterocycles. The van der Waals surface area contributed by atoms with Crippen LogP contribution in [-0.4, -0.2) is 19.0 Å². The second-order valence-electron chi connectivity index (χ2n) is 2.05. The highest BCUT2D eigenvalue weighted by atomic mass is 16.5. The van der Waals surface area contributed by atoms with Gasteiger partial charge in [-0.1, -0.05) is 6.08 Å². The Bertz CT molecular complexity index is 196. The molecule has 0 aliphatic carbocycles. The van der Waals surface area contributed by atoms with Gasteiger partial charge < -0.3 is 10.5 Å². The number of methoxy groups -OCH3 is 1. The minimum Gasteiger partial charge on any atom is -0.466 e. The van der Waals surface area contributed by atoms with Crippen molar-refractivity contribution in [2.24, 2.45) is 5.73 Å². The molecule has 0 aliphatic heterocycles. The van der Waals surface area contributed by atoms with Gasteiger partial charge in [-0.2, -0.15) is 0 Å². The van der Waals surface area contributed by atoms with Crippen LogP contribution in [0.3, 0.4) is 0 Å². The van der Waals surface area contributed by atoms with Gasteiger partial charge >= 0.3 is 5.97 Å². The zero-order valence-corrected chi connectivity index (χ0v) is 6.59. The summed E-state index contributed by atoms with van der Waals surface area (Å²) < 4.78 is 4.38. The van der Waals surface area contributed by atoms with Crippen LogP contribution in [0.1, 0.15) is 13.3 Å². The number of primary amides is 1. The minimum absolute atomic E-state index is 0.0704. The van der Waals surface area contributed by atoms with Crippen molar-refractivity contribution in [3.63, 3.8) is 0 Å². The molecule has 0 saturated heterocycles. The van der Waals surface area contributed by atoms with Gasteiger partial charge in [-0.05, 0) is 6.92 Å². The fourth-order valence-electron chi connectivity index (χ4n) is 0.498. The highest BCUT2D eigenvalue weighted by molar-refractivity contribution is 5.88. The first kappa shape index (κ1) is 9.68. The maximum absolute atomic E-state index is 10.7. The third-order valence-electron chi connectivity index (χ3n) is 1.12. The summed E-state index contributed by atoms with van der Waals surface area (Å²) in [5, 5.41) is 0. The van der Waals surface area contributed by atoms with E-state index in [-0.39, 0.29) is 6.42 Å². The van der Waals surface area contributed by atoms with Crippen LogP contribution in [0.2, 0.25) is 0 Å². The Morgan fingerprint density at radius 1 is 1.55 bits per heavy atom. The molecule has 1 amide bonds. The summed E-state index contributed by atoms with van der Waals surface area (Å²) in [4.78, 5) is 20.9. The molecular formula is C7H11NO3. The lowest BCUT2D eigenvalue weighted by Gasteiger charge is -1.96. The van der Waals surface area contributed by atoms with Crippen LogP contribution in [0.15, 0.2) is 11.6 Å². The Morgan fingerprint density at radius 3 is 2.45 bits per heavy atom. The first-order chi connectivity index (χ1) is 5.07. The molecule has 0 aromatic carbocycles. The van der Waals surface area contributed by atoms with Crippen molar-refractivity contribution < 1.29 is 14.3 Å². The Labute approximate surface area is 65.0 Å². The summed E-state index contributed by atoms with van der Waals surface area (Å²) in [5.74, 6) is -0.903. The molecule has 0 aliphatic rings. The van der Waals surface area contributed by atoms with Gasteiger partial charge in [0, 0.05) is 12.0 Å². The summed E-state index contributed by atoms with van der Waals surface area (Å²) in [6, 6.07) is 0. The minimum atomic E-state index is -0.465. The molecule has 0 aromatic rings. The molecule has 0 saturated carbocycles. The topological polar surface area (TPSA) is 69.4 Å². The van der Waals surface area contributed by atoms with Crippen LogP contribution in [0.25, 0.3) is 0 Å². The molecule has 4 nitrogen and oxygen atoms in total. The van der Waals surface area contributed by atoms with Crippen molar-refractivity contribution in [3.8, 4) is 0 Å². The molecule has 0 atom stereocenters. The van der Waals surface area contributed by atoms with Crippen molar-refractivity contribution in [1.29, 1.82) is 0 Å². The molecule has 0 fully saturated rings. The molecule has 2 N–H and O–H groups in total. The van der Waals surface area contributed by atoms with Crippen LogP contribution in [-0.2, 0) is 14.3 Å². The summed E-state index contributed by atoms with van der Waals surface area (Å²) in [7, 11) is 1.28. The monoisotopic (exact) mass is 157 g/mol. The van der Waals surface area contributed by atoms with E-state index in [2.05, 4.69) is 4.74 Å². The van der Waals surface area contributed by atoms with Crippen LogP contribution >= 0.6 is 0 Å². The molecule has 0 bridgehead atoms. The maximum Gasteiger partial charge on any atom is 0.333 e. The quantitative estimate of drug-likeness (QED) is 0.462. The largest absolute Gasteiger partial charge is 0.466 e. The van der Waals surface area contributed by atoms with E-state index in [0.717, 1.165) is 0 Å². The average molecular weight is 157 g/mol. The van der Waals surface area contributed by atoms with Gasteiger partial charge in [0.1, 0.15) is 0 Å². The Morgan fingerprint density at radius 2 is 2.09 bits per heavy atom. The van der Waals surface area contributed by atoms with E-state index in [4.69, 9.17) is 5.73 Å². The molecular weight excluding hydrogens is 146 g/mol. The average Bonchev–Trinajstić information content (AvgIpc) is 1.98. The van der Waals surface area contributed by atoms with Gasteiger partial charge in [-0.15, -0.1) is 0 Å². The van der Waals surface area contributed by atoms with Crippen LogP contribution in [0, 0.1) is 0 Å². The number of hydrogen-bond donors (Lipinski definition) is 1. The van der Waals surface area contributed by atoms with Crippen LogP contribution in [0.4, 0.5) is 0 Å². The van der Waals surface area contributed by atoms with E-state index in [1.165, 1.54) is 13.2 Å². The maximum atomic E-state index is 10.7. The SMILES string of the molecule is COC(=O)C(C)=CCC(N)=O. The zero-order chi connectivity index (χ0) is 8.85. The molecule has 11 heavy (non-hydrogen) atoms. The summed E-state index contributed by atoms with van der Waals surface area (Å²) >= 11 is 0. The van der Waals surface area contributed by atoms with Crippen LogP contribution < -0.4 is 5.73 Å². The van der Waals surface area contributed by atoms with E-state index < -0.39 is 11.9 Å².